The summed E-state index contributed by atoms with van der Waals surface area (Å²) >= 11 is 4.87. The molecule has 0 spiro atoms. The number of thiophene rings is 1. The first-order chi connectivity index (χ1) is 7.63. The largest absolute Gasteiger partial charge is 0.333 e. The van der Waals surface area contributed by atoms with Crippen LogP contribution in [0.1, 0.15) is 11.8 Å². The van der Waals surface area contributed by atoms with E-state index in [0.717, 1.165) is 4.48 Å². The van der Waals surface area contributed by atoms with E-state index in [4.69, 9.17) is 0 Å². The van der Waals surface area contributed by atoms with Crippen LogP contribution >= 0.6 is 27.3 Å². The highest BCUT2D eigenvalue weighted by Crippen LogP contribution is 2.11. The maximum Gasteiger partial charge on any atom is 0.318 e. The van der Waals surface area contributed by atoms with Crippen molar-refractivity contribution in [3.8, 4) is 0 Å². The zero-order valence-electron chi connectivity index (χ0n) is 9.20. The molecule has 0 aliphatic heterocycles. The first kappa shape index (κ1) is 13.3. The van der Waals surface area contributed by atoms with Crippen LogP contribution in [0.25, 0.3) is 0 Å². The fraction of sp³-hybridized carbons (Fsp3) is 0.364. The van der Waals surface area contributed by atoms with Crippen LogP contribution in [0.3, 0.4) is 0 Å². The molecule has 88 valence electrons. The van der Waals surface area contributed by atoms with Crippen molar-refractivity contribution in [3.63, 3.8) is 0 Å². The molecule has 1 N–H and O–H groups in total. The van der Waals surface area contributed by atoms with E-state index < -0.39 is 0 Å². The van der Waals surface area contributed by atoms with Crippen LogP contribution in [0.15, 0.2) is 28.6 Å². The number of rotatable bonds is 5. The van der Waals surface area contributed by atoms with Crippen molar-refractivity contribution < 1.29 is 4.79 Å². The van der Waals surface area contributed by atoms with Crippen molar-refractivity contribution in [3.05, 3.63) is 33.5 Å². The molecule has 0 unspecified atom stereocenters. The van der Waals surface area contributed by atoms with Gasteiger partial charge < -0.3 is 10.2 Å². The molecule has 2 amide bonds. The lowest BCUT2D eigenvalue weighted by Crippen LogP contribution is -2.39. The molecule has 0 radical (unpaired) electrons. The van der Waals surface area contributed by atoms with Crippen LogP contribution in [0, 0.1) is 0 Å². The number of nitrogens with one attached hydrogen (secondary N) is 1. The summed E-state index contributed by atoms with van der Waals surface area (Å²) in [5, 5.41) is 4.81. The first-order valence-electron chi connectivity index (χ1n) is 5.02. The van der Waals surface area contributed by atoms with Crippen LogP contribution in [0.5, 0.6) is 0 Å². The van der Waals surface area contributed by atoms with Gasteiger partial charge in [-0.3, -0.25) is 0 Å². The molecule has 1 heterocycles. The minimum absolute atomic E-state index is 0.0588. The summed E-state index contributed by atoms with van der Waals surface area (Å²) in [6.45, 7) is 7.45. The summed E-state index contributed by atoms with van der Waals surface area (Å²) in [5.41, 5.74) is 0. The van der Waals surface area contributed by atoms with E-state index in [9.17, 15) is 4.79 Å². The quantitative estimate of drug-likeness (QED) is 0.890. The summed E-state index contributed by atoms with van der Waals surface area (Å²) in [6.07, 6.45) is 0. The number of carbonyl (C=O) groups is 1. The van der Waals surface area contributed by atoms with Gasteiger partial charge in [-0.2, -0.15) is 0 Å². The Bertz CT molecular complexity index is 351. The Kier molecular flexibility index (Phi) is 5.55. The second-order valence-electron chi connectivity index (χ2n) is 3.27. The topological polar surface area (TPSA) is 32.3 Å². The fourth-order valence-electron chi connectivity index (χ4n) is 1.20. The van der Waals surface area contributed by atoms with Gasteiger partial charge in [-0.05, 0) is 18.4 Å². The Labute approximate surface area is 108 Å². The molecule has 0 bridgehead atoms. The molecule has 0 aromatic carbocycles. The Morgan fingerprint density at radius 3 is 2.94 bits per heavy atom. The molecule has 5 heteroatoms. The van der Waals surface area contributed by atoms with E-state index in [1.165, 1.54) is 4.88 Å². The minimum Gasteiger partial charge on any atom is -0.333 e. The molecule has 16 heavy (non-hydrogen) atoms. The predicted molar refractivity (Wildman–Crippen MR) is 71.9 cm³/mol. The highest BCUT2D eigenvalue weighted by molar-refractivity contribution is 9.11. The van der Waals surface area contributed by atoms with Gasteiger partial charge in [0.25, 0.3) is 0 Å². The monoisotopic (exact) mass is 302 g/mol. The molecular formula is C11H15BrN2OS. The third kappa shape index (κ3) is 4.37. The van der Waals surface area contributed by atoms with Crippen molar-refractivity contribution in [2.75, 3.05) is 13.1 Å². The fourth-order valence-corrected chi connectivity index (χ4v) is 2.06. The summed E-state index contributed by atoms with van der Waals surface area (Å²) in [7, 11) is 0. The van der Waals surface area contributed by atoms with Gasteiger partial charge in [0.2, 0.25) is 0 Å². The molecule has 0 saturated heterocycles. The van der Waals surface area contributed by atoms with Gasteiger partial charge in [-0.15, -0.1) is 11.3 Å². The Morgan fingerprint density at radius 2 is 2.44 bits per heavy atom. The van der Waals surface area contributed by atoms with Crippen LogP contribution in [-0.4, -0.2) is 24.0 Å². The van der Waals surface area contributed by atoms with Gasteiger partial charge in [-0.1, -0.05) is 28.6 Å². The summed E-state index contributed by atoms with van der Waals surface area (Å²) in [4.78, 5) is 14.7. The van der Waals surface area contributed by atoms with Gasteiger partial charge in [0.1, 0.15) is 0 Å². The van der Waals surface area contributed by atoms with Crippen molar-refractivity contribution in [1.82, 2.24) is 10.2 Å². The summed E-state index contributed by atoms with van der Waals surface area (Å²) < 4.78 is 0.771. The maximum absolute atomic E-state index is 11.8. The van der Waals surface area contributed by atoms with Crippen LogP contribution in [0.2, 0.25) is 0 Å². The Morgan fingerprint density at radius 1 is 1.69 bits per heavy atom. The number of hydrogen-bond acceptors (Lipinski definition) is 2. The average Bonchev–Trinajstić information content (AvgIpc) is 2.75. The highest BCUT2D eigenvalue weighted by Gasteiger charge is 2.11. The lowest BCUT2D eigenvalue weighted by atomic mass is 10.4. The standard InChI is InChI=1S/C11H15BrN2OS/c1-3-14(8-10-5-4-6-16-10)11(15)13-7-9(2)12/h4-6H,2-3,7-8H2,1H3,(H,13,15). The molecule has 0 aliphatic carbocycles. The SMILES string of the molecule is C=C(Br)CNC(=O)N(CC)Cc1cccs1. The maximum atomic E-state index is 11.8. The summed E-state index contributed by atoms with van der Waals surface area (Å²) in [6, 6.07) is 3.97. The molecular weight excluding hydrogens is 288 g/mol. The van der Waals surface area contributed by atoms with E-state index >= 15 is 0 Å². The zero-order chi connectivity index (χ0) is 12.0. The molecule has 0 fully saturated rings. The molecule has 0 aliphatic rings. The van der Waals surface area contributed by atoms with Crippen molar-refractivity contribution in [1.29, 1.82) is 0 Å². The summed E-state index contributed by atoms with van der Waals surface area (Å²) in [5.74, 6) is 0. The lowest BCUT2D eigenvalue weighted by Gasteiger charge is -2.20. The van der Waals surface area contributed by atoms with Crippen molar-refractivity contribution in [2.45, 2.75) is 13.5 Å². The second kappa shape index (κ2) is 6.70. The van der Waals surface area contributed by atoms with E-state index in [1.807, 2.05) is 24.4 Å². The van der Waals surface area contributed by atoms with E-state index in [2.05, 4.69) is 27.8 Å². The minimum atomic E-state index is -0.0588. The van der Waals surface area contributed by atoms with E-state index in [0.29, 0.717) is 19.6 Å². The van der Waals surface area contributed by atoms with Gasteiger partial charge in [0.15, 0.2) is 0 Å². The number of nitrogens with zero attached hydrogens (tertiary/aromatic N) is 1. The van der Waals surface area contributed by atoms with Crippen LogP contribution in [0.4, 0.5) is 4.79 Å². The normalized spacial score (nSPS) is 9.88. The molecule has 1 aromatic heterocycles. The number of halogens is 1. The number of urea groups is 1. The van der Waals surface area contributed by atoms with Crippen molar-refractivity contribution in [2.24, 2.45) is 0 Å². The number of amides is 2. The number of carbonyl (C=O) groups excluding carboxylic acids is 1. The van der Waals surface area contributed by atoms with Crippen LogP contribution in [-0.2, 0) is 6.54 Å². The van der Waals surface area contributed by atoms with Crippen LogP contribution < -0.4 is 5.32 Å². The molecule has 0 saturated carbocycles. The third-order valence-corrected chi connectivity index (χ3v) is 3.17. The smallest absolute Gasteiger partial charge is 0.318 e. The molecule has 1 rings (SSSR count). The first-order valence-corrected chi connectivity index (χ1v) is 6.69. The molecule has 0 atom stereocenters. The van der Waals surface area contributed by atoms with Crippen molar-refractivity contribution >= 4 is 33.3 Å². The van der Waals surface area contributed by atoms with Gasteiger partial charge >= 0.3 is 6.03 Å². The number of hydrogen-bond donors (Lipinski definition) is 1. The molecule has 1 aromatic rings. The zero-order valence-corrected chi connectivity index (χ0v) is 11.6. The van der Waals surface area contributed by atoms with E-state index in [-0.39, 0.29) is 6.03 Å². The van der Waals surface area contributed by atoms with Gasteiger partial charge in [-0.25, -0.2) is 4.79 Å². The Hall–Kier alpha value is -0.810. The van der Waals surface area contributed by atoms with Gasteiger partial charge in [0, 0.05) is 15.9 Å². The predicted octanol–water partition coefficient (Wildman–Crippen LogP) is 3.19. The van der Waals surface area contributed by atoms with Gasteiger partial charge in [0.05, 0.1) is 13.1 Å². The lowest BCUT2D eigenvalue weighted by molar-refractivity contribution is 0.199. The second-order valence-corrected chi connectivity index (χ2v) is 5.42. The highest BCUT2D eigenvalue weighted by atomic mass is 79.9. The van der Waals surface area contributed by atoms with E-state index in [1.54, 1.807) is 16.2 Å². The molecule has 3 nitrogen and oxygen atoms in total. The third-order valence-electron chi connectivity index (χ3n) is 2.03. The average molecular weight is 303 g/mol. The Balaban J connectivity index is 2.47.